The fraction of sp³-hybridized carbons (Fsp3) is 0.500. The Bertz CT molecular complexity index is 585. The number of nitrogens with zero attached hydrogens (tertiary/aromatic N) is 1. The maximum atomic E-state index is 12.7. The number of anilines is 1. The van der Waals surface area contributed by atoms with Crippen LogP contribution < -0.4 is 11.1 Å². The van der Waals surface area contributed by atoms with E-state index in [1.54, 1.807) is 6.07 Å². The molecular weight excluding hydrogens is 266 g/mol. The van der Waals surface area contributed by atoms with Crippen LogP contribution in [-0.4, -0.2) is 35.8 Å². The van der Waals surface area contributed by atoms with Gasteiger partial charge in [-0.2, -0.15) is 0 Å². The number of rotatable bonds is 2. The molecule has 0 saturated carbocycles. The maximum absolute atomic E-state index is 12.7. The lowest BCUT2D eigenvalue weighted by atomic mass is 9.91. The van der Waals surface area contributed by atoms with E-state index < -0.39 is 0 Å². The van der Waals surface area contributed by atoms with Crippen molar-refractivity contribution in [1.82, 2.24) is 4.90 Å². The number of nitrogens with one attached hydrogen (secondary N) is 1. The van der Waals surface area contributed by atoms with Crippen LogP contribution in [0.15, 0.2) is 18.2 Å². The van der Waals surface area contributed by atoms with Crippen LogP contribution in [0.1, 0.15) is 35.7 Å². The number of benzene rings is 1. The second-order valence-corrected chi connectivity index (χ2v) is 6.11. The Hall–Kier alpha value is -1.88. The van der Waals surface area contributed by atoms with Crippen LogP contribution in [0.2, 0.25) is 0 Å². The van der Waals surface area contributed by atoms with E-state index in [1.807, 2.05) is 17.0 Å². The van der Waals surface area contributed by atoms with Crippen molar-refractivity contribution in [3.63, 3.8) is 0 Å². The average Bonchev–Trinajstić information content (AvgIpc) is 2.85. The molecule has 112 valence electrons. The first-order valence-corrected chi connectivity index (χ1v) is 7.52. The van der Waals surface area contributed by atoms with Crippen LogP contribution in [0.5, 0.6) is 0 Å². The minimum atomic E-state index is -0.0127. The summed E-state index contributed by atoms with van der Waals surface area (Å²) in [5, 5.41) is 2.79. The highest BCUT2D eigenvalue weighted by molar-refractivity contribution is 6.02. The first-order chi connectivity index (χ1) is 10.1. The van der Waals surface area contributed by atoms with Gasteiger partial charge in [-0.25, -0.2) is 0 Å². The molecule has 3 rings (SSSR count). The molecule has 1 fully saturated rings. The quantitative estimate of drug-likeness (QED) is 0.863. The van der Waals surface area contributed by atoms with Gasteiger partial charge in [0.15, 0.2) is 0 Å². The molecule has 3 N–H and O–H groups in total. The van der Waals surface area contributed by atoms with Crippen molar-refractivity contribution >= 4 is 17.5 Å². The van der Waals surface area contributed by atoms with Crippen molar-refractivity contribution in [1.29, 1.82) is 0 Å². The van der Waals surface area contributed by atoms with Gasteiger partial charge in [0.05, 0.1) is 6.42 Å². The SMILES string of the molecule is CC1CCN(C(=O)c2ccc3c(c2)NC(=O)C3)C(CN)C1. The largest absolute Gasteiger partial charge is 0.334 e. The first kappa shape index (κ1) is 14.1. The van der Waals surface area contributed by atoms with E-state index in [-0.39, 0.29) is 17.9 Å². The lowest BCUT2D eigenvalue weighted by Gasteiger charge is -2.38. The van der Waals surface area contributed by atoms with Crippen molar-refractivity contribution in [2.75, 3.05) is 18.4 Å². The highest BCUT2D eigenvalue weighted by Gasteiger charge is 2.30. The predicted molar refractivity (Wildman–Crippen MR) is 81.1 cm³/mol. The Balaban J connectivity index is 1.82. The molecule has 2 heterocycles. The van der Waals surface area contributed by atoms with E-state index in [0.717, 1.165) is 30.6 Å². The Morgan fingerprint density at radius 3 is 3.05 bits per heavy atom. The highest BCUT2D eigenvalue weighted by atomic mass is 16.2. The molecule has 1 aromatic rings. The van der Waals surface area contributed by atoms with Crippen LogP contribution in [0.3, 0.4) is 0 Å². The molecule has 5 heteroatoms. The number of fused-ring (bicyclic) bond motifs is 1. The average molecular weight is 287 g/mol. The maximum Gasteiger partial charge on any atom is 0.254 e. The molecule has 2 atom stereocenters. The molecule has 0 bridgehead atoms. The molecule has 2 unspecified atom stereocenters. The Morgan fingerprint density at radius 1 is 1.48 bits per heavy atom. The zero-order chi connectivity index (χ0) is 15.0. The molecule has 2 aliphatic heterocycles. The number of hydrogen-bond acceptors (Lipinski definition) is 3. The number of hydrogen-bond donors (Lipinski definition) is 2. The van der Waals surface area contributed by atoms with E-state index in [4.69, 9.17) is 5.73 Å². The molecule has 1 saturated heterocycles. The van der Waals surface area contributed by atoms with Gasteiger partial charge in [0.1, 0.15) is 0 Å². The van der Waals surface area contributed by atoms with Gasteiger partial charge in [-0.05, 0) is 36.5 Å². The molecule has 0 aromatic heterocycles. The number of nitrogens with two attached hydrogens (primary N) is 1. The summed E-state index contributed by atoms with van der Waals surface area (Å²) in [4.78, 5) is 26.0. The topological polar surface area (TPSA) is 75.4 Å². The summed E-state index contributed by atoms with van der Waals surface area (Å²) in [5.41, 5.74) is 8.18. The van der Waals surface area contributed by atoms with E-state index in [0.29, 0.717) is 24.4 Å². The van der Waals surface area contributed by atoms with Crippen LogP contribution in [0.4, 0.5) is 5.69 Å². The third kappa shape index (κ3) is 2.65. The summed E-state index contributed by atoms with van der Waals surface area (Å²) < 4.78 is 0. The normalized spacial score (nSPS) is 24.7. The second kappa shape index (κ2) is 5.48. The fourth-order valence-corrected chi connectivity index (χ4v) is 3.26. The van der Waals surface area contributed by atoms with Crippen molar-refractivity contribution in [3.8, 4) is 0 Å². The minimum Gasteiger partial charge on any atom is -0.334 e. The lowest BCUT2D eigenvalue weighted by molar-refractivity contribution is -0.115. The van der Waals surface area contributed by atoms with E-state index in [1.165, 1.54) is 0 Å². The molecule has 2 amide bonds. The summed E-state index contributed by atoms with van der Waals surface area (Å²) in [6, 6.07) is 5.58. The minimum absolute atomic E-state index is 0.0127. The number of piperidine rings is 1. The van der Waals surface area contributed by atoms with Gasteiger partial charge in [0, 0.05) is 30.4 Å². The van der Waals surface area contributed by atoms with Crippen LogP contribution in [0, 0.1) is 5.92 Å². The third-order valence-electron chi connectivity index (χ3n) is 4.49. The van der Waals surface area contributed by atoms with Gasteiger partial charge in [-0.15, -0.1) is 0 Å². The first-order valence-electron chi connectivity index (χ1n) is 7.52. The van der Waals surface area contributed by atoms with Crippen LogP contribution >= 0.6 is 0 Å². The lowest BCUT2D eigenvalue weighted by Crippen LogP contribution is -2.49. The van der Waals surface area contributed by atoms with Gasteiger partial charge in [0.25, 0.3) is 5.91 Å². The van der Waals surface area contributed by atoms with Gasteiger partial charge in [0.2, 0.25) is 5.91 Å². The molecule has 0 radical (unpaired) electrons. The molecule has 21 heavy (non-hydrogen) atoms. The summed E-state index contributed by atoms with van der Waals surface area (Å²) in [7, 11) is 0. The van der Waals surface area contributed by atoms with E-state index in [9.17, 15) is 9.59 Å². The Labute approximate surface area is 124 Å². The van der Waals surface area contributed by atoms with Crippen molar-refractivity contribution in [2.24, 2.45) is 11.7 Å². The summed E-state index contributed by atoms with van der Waals surface area (Å²) >= 11 is 0. The number of carbonyl (C=O) groups is 2. The summed E-state index contributed by atoms with van der Waals surface area (Å²) in [5.74, 6) is 0.615. The fourth-order valence-electron chi connectivity index (χ4n) is 3.26. The summed E-state index contributed by atoms with van der Waals surface area (Å²) in [6.07, 6.45) is 2.38. The van der Waals surface area contributed by atoms with Crippen LogP contribution in [0.25, 0.3) is 0 Å². The molecule has 0 spiro atoms. The van der Waals surface area contributed by atoms with E-state index in [2.05, 4.69) is 12.2 Å². The third-order valence-corrected chi connectivity index (χ3v) is 4.49. The van der Waals surface area contributed by atoms with Crippen molar-refractivity contribution in [2.45, 2.75) is 32.2 Å². The molecule has 2 aliphatic rings. The van der Waals surface area contributed by atoms with Gasteiger partial charge in [-0.1, -0.05) is 13.0 Å². The zero-order valence-electron chi connectivity index (χ0n) is 12.3. The number of carbonyl (C=O) groups excluding carboxylic acids is 2. The Kier molecular flexibility index (Phi) is 3.68. The van der Waals surface area contributed by atoms with Gasteiger partial charge in [-0.3, -0.25) is 9.59 Å². The van der Waals surface area contributed by atoms with Crippen molar-refractivity contribution in [3.05, 3.63) is 29.3 Å². The Morgan fingerprint density at radius 2 is 2.29 bits per heavy atom. The highest BCUT2D eigenvalue weighted by Crippen LogP contribution is 2.27. The predicted octanol–water partition coefficient (Wildman–Crippen LogP) is 1.38. The smallest absolute Gasteiger partial charge is 0.254 e. The van der Waals surface area contributed by atoms with Crippen molar-refractivity contribution < 1.29 is 9.59 Å². The van der Waals surface area contributed by atoms with Crippen LogP contribution in [-0.2, 0) is 11.2 Å². The second-order valence-electron chi connectivity index (χ2n) is 6.11. The van der Waals surface area contributed by atoms with E-state index >= 15 is 0 Å². The zero-order valence-corrected chi connectivity index (χ0v) is 12.3. The molecule has 0 aliphatic carbocycles. The number of likely N-dealkylation sites (tertiary alicyclic amines) is 1. The van der Waals surface area contributed by atoms with Gasteiger partial charge >= 0.3 is 0 Å². The summed E-state index contributed by atoms with van der Waals surface area (Å²) in [6.45, 7) is 3.46. The monoisotopic (exact) mass is 287 g/mol. The van der Waals surface area contributed by atoms with Gasteiger partial charge < -0.3 is 16.0 Å². The molecule has 5 nitrogen and oxygen atoms in total. The molecule has 1 aromatic carbocycles. The molecular formula is C16H21N3O2. The standard InChI is InChI=1S/C16H21N3O2/c1-10-4-5-19(13(6-10)9-17)16(21)12-3-2-11-8-15(20)18-14(11)7-12/h2-3,7,10,13H,4-6,8-9,17H2,1H3,(H,18,20). The number of amides is 2.